The molecule has 10 heteroatoms. The Morgan fingerprint density at radius 1 is 1.10 bits per heavy atom. The van der Waals surface area contributed by atoms with Crippen molar-refractivity contribution in [2.45, 2.75) is 4.21 Å². The third kappa shape index (κ3) is 3.39. The molecule has 0 spiro atoms. The standard InChI is InChI=1S/C19H20N3O4S3/c1-20-11(5-6-12(20)18-14(26-3)10-16(27-4)29-18)17-13(25-2)9-15(28-17)19-21(23)7-8-22(19)24/h5-6,9-10H,7-8H2,1-4H3. The molecule has 0 fully saturated rings. The lowest BCUT2D eigenvalue weighted by molar-refractivity contribution is -0.445. The molecule has 0 N–H and O–H groups in total. The lowest BCUT2D eigenvalue weighted by Crippen LogP contribution is -2.23. The summed E-state index contributed by atoms with van der Waals surface area (Å²) in [4.78, 5) is 2.54. The third-order valence-corrected chi connectivity index (χ3v) is 8.14. The fourth-order valence-corrected chi connectivity index (χ4v) is 6.29. The molecule has 1 aliphatic rings. The van der Waals surface area contributed by atoms with Crippen LogP contribution < -0.4 is 9.47 Å². The summed E-state index contributed by atoms with van der Waals surface area (Å²) in [6, 6.07) is 7.88. The van der Waals surface area contributed by atoms with Crippen LogP contribution in [0, 0.1) is 5.21 Å². The molecule has 29 heavy (non-hydrogen) atoms. The van der Waals surface area contributed by atoms with Gasteiger partial charge in [0.1, 0.15) is 22.9 Å². The van der Waals surface area contributed by atoms with E-state index in [9.17, 15) is 10.4 Å². The van der Waals surface area contributed by atoms with E-state index >= 15 is 0 Å². The van der Waals surface area contributed by atoms with Crippen molar-refractivity contribution in [3.05, 3.63) is 34.3 Å². The molecule has 153 valence electrons. The van der Waals surface area contributed by atoms with Gasteiger partial charge in [0.05, 0.1) is 39.6 Å². The summed E-state index contributed by atoms with van der Waals surface area (Å²) >= 11 is 4.76. The van der Waals surface area contributed by atoms with Gasteiger partial charge < -0.3 is 19.2 Å². The minimum absolute atomic E-state index is 0.151. The van der Waals surface area contributed by atoms with Gasteiger partial charge in [0.15, 0.2) is 6.54 Å². The Kier molecular flexibility index (Phi) is 5.52. The first-order valence-corrected chi connectivity index (χ1v) is 11.7. The summed E-state index contributed by atoms with van der Waals surface area (Å²) in [6.45, 7) is 0.358. The summed E-state index contributed by atoms with van der Waals surface area (Å²) in [7, 11) is 5.26. The SMILES string of the molecule is COc1cc(SC)sc1-c1ccc(-c2sc(C3=[N+]([O-])CCN3[O])cc2OC)n1C. The number of hydroxylamine groups is 3. The molecular formula is C19H20N3O4S3. The lowest BCUT2D eigenvalue weighted by atomic mass is 10.3. The van der Waals surface area contributed by atoms with Crippen molar-refractivity contribution in [2.75, 3.05) is 33.6 Å². The Balaban J connectivity index is 1.79. The minimum atomic E-state index is 0.151. The van der Waals surface area contributed by atoms with Gasteiger partial charge in [-0.25, -0.2) is 0 Å². The highest BCUT2D eigenvalue weighted by Gasteiger charge is 2.33. The van der Waals surface area contributed by atoms with Crippen LogP contribution in [0.15, 0.2) is 28.5 Å². The molecule has 7 nitrogen and oxygen atoms in total. The Morgan fingerprint density at radius 3 is 2.28 bits per heavy atom. The first kappa shape index (κ1) is 20.1. The highest BCUT2D eigenvalue weighted by Crippen LogP contribution is 2.45. The van der Waals surface area contributed by atoms with E-state index in [1.165, 1.54) is 15.5 Å². The van der Waals surface area contributed by atoms with Crippen LogP contribution in [-0.4, -0.2) is 53.8 Å². The number of hydrogen-bond acceptors (Lipinski definition) is 7. The summed E-state index contributed by atoms with van der Waals surface area (Å²) in [6.07, 6.45) is 2.04. The number of thiophene rings is 2. The number of nitrogens with zero attached hydrogens (tertiary/aromatic N) is 3. The Bertz CT molecular complexity index is 1080. The van der Waals surface area contributed by atoms with E-state index in [4.69, 9.17) is 9.47 Å². The van der Waals surface area contributed by atoms with Gasteiger partial charge in [-0.15, -0.1) is 34.4 Å². The number of thioether (sulfide) groups is 1. The summed E-state index contributed by atoms with van der Waals surface area (Å²) in [5.74, 6) is 1.64. The predicted octanol–water partition coefficient (Wildman–Crippen LogP) is 4.14. The second kappa shape index (κ2) is 7.94. The average Bonchev–Trinajstić information content (AvgIpc) is 3.47. The molecule has 4 rings (SSSR count). The van der Waals surface area contributed by atoms with Gasteiger partial charge in [0.2, 0.25) is 0 Å². The van der Waals surface area contributed by atoms with Crippen LogP contribution in [0.2, 0.25) is 0 Å². The molecule has 0 amide bonds. The molecule has 0 saturated heterocycles. The van der Waals surface area contributed by atoms with Crippen molar-refractivity contribution >= 4 is 40.3 Å². The Labute approximate surface area is 181 Å². The number of amidine groups is 1. The van der Waals surface area contributed by atoms with Gasteiger partial charge in [-0.05, 0) is 18.4 Å². The topological polar surface area (TPSA) is 72.6 Å². The van der Waals surface area contributed by atoms with Gasteiger partial charge >= 0.3 is 5.84 Å². The minimum Gasteiger partial charge on any atom is -0.715 e. The Morgan fingerprint density at radius 2 is 1.72 bits per heavy atom. The predicted molar refractivity (Wildman–Crippen MR) is 117 cm³/mol. The van der Waals surface area contributed by atoms with E-state index in [1.54, 1.807) is 43.4 Å². The van der Waals surface area contributed by atoms with Crippen LogP contribution in [0.1, 0.15) is 4.88 Å². The van der Waals surface area contributed by atoms with Crippen LogP contribution in [0.25, 0.3) is 21.1 Å². The lowest BCUT2D eigenvalue weighted by Gasteiger charge is -2.08. The summed E-state index contributed by atoms with van der Waals surface area (Å²) < 4.78 is 15.1. The first-order chi connectivity index (χ1) is 14.0. The number of rotatable bonds is 6. The fourth-order valence-electron chi connectivity index (χ4n) is 3.33. The average molecular weight is 451 g/mol. The molecule has 0 bridgehead atoms. The van der Waals surface area contributed by atoms with Gasteiger partial charge in [0.25, 0.3) is 0 Å². The van der Waals surface area contributed by atoms with Crippen molar-refractivity contribution in [3.63, 3.8) is 0 Å². The second-order valence-electron chi connectivity index (χ2n) is 6.37. The first-order valence-electron chi connectivity index (χ1n) is 8.81. The fraction of sp³-hybridized carbons (Fsp3) is 0.316. The van der Waals surface area contributed by atoms with E-state index in [-0.39, 0.29) is 18.9 Å². The molecule has 0 atom stereocenters. The van der Waals surface area contributed by atoms with Crippen LogP contribution in [-0.2, 0) is 12.3 Å². The Hall–Kier alpha value is -2.14. The van der Waals surface area contributed by atoms with Crippen LogP contribution in [0.5, 0.6) is 11.5 Å². The van der Waals surface area contributed by atoms with Gasteiger partial charge in [-0.1, -0.05) is 5.06 Å². The molecule has 0 unspecified atom stereocenters. The zero-order chi connectivity index (χ0) is 20.7. The quantitative estimate of drug-likeness (QED) is 0.321. The second-order valence-corrected chi connectivity index (χ2v) is 9.58. The number of ether oxygens (including phenoxy) is 2. The summed E-state index contributed by atoms with van der Waals surface area (Å²) in [5, 5.41) is 24.9. The molecule has 1 radical (unpaired) electrons. The van der Waals surface area contributed by atoms with Crippen molar-refractivity contribution in [2.24, 2.45) is 7.05 Å². The van der Waals surface area contributed by atoms with E-state index in [0.29, 0.717) is 10.6 Å². The van der Waals surface area contributed by atoms with Crippen molar-refractivity contribution in [1.82, 2.24) is 9.63 Å². The normalized spacial score (nSPS) is 14.2. The zero-order valence-electron chi connectivity index (χ0n) is 16.4. The number of aromatic nitrogens is 1. The van der Waals surface area contributed by atoms with Gasteiger partial charge in [-0.2, -0.15) is 0 Å². The monoisotopic (exact) mass is 450 g/mol. The number of methoxy groups -OCH3 is 2. The highest BCUT2D eigenvalue weighted by atomic mass is 32.2. The zero-order valence-corrected chi connectivity index (χ0v) is 18.9. The van der Waals surface area contributed by atoms with Gasteiger partial charge in [-0.3, -0.25) is 4.74 Å². The van der Waals surface area contributed by atoms with Crippen LogP contribution >= 0.6 is 34.4 Å². The highest BCUT2D eigenvalue weighted by molar-refractivity contribution is 8.00. The maximum absolute atomic E-state index is 12.1. The molecule has 0 aliphatic carbocycles. The number of hydrogen-bond donors (Lipinski definition) is 0. The molecule has 3 aromatic rings. The van der Waals surface area contributed by atoms with Crippen molar-refractivity contribution in [3.8, 4) is 32.6 Å². The molecule has 0 saturated carbocycles. The van der Waals surface area contributed by atoms with Crippen molar-refractivity contribution < 1.29 is 19.4 Å². The molecule has 3 aromatic heterocycles. The van der Waals surface area contributed by atoms with E-state index in [2.05, 4.69) is 10.6 Å². The molecule has 1 aliphatic heterocycles. The van der Waals surface area contributed by atoms with E-state index < -0.39 is 0 Å². The van der Waals surface area contributed by atoms with Gasteiger partial charge in [0, 0.05) is 24.4 Å². The molecule has 0 aromatic carbocycles. The summed E-state index contributed by atoms with van der Waals surface area (Å²) in [5.41, 5.74) is 1.98. The maximum Gasteiger partial charge on any atom is 0.326 e. The van der Waals surface area contributed by atoms with Crippen LogP contribution in [0.4, 0.5) is 0 Å². The third-order valence-electron chi connectivity index (χ3n) is 4.80. The van der Waals surface area contributed by atoms with E-state index in [1.807, 2.05) is 25.4 Å². The largest absolute Gasteiger partial charge is 0.715 e. The molecule has 4 heterocycles. The van der Waals surface area contributed by atoms with Crippen LogP contribution in [0.3, 0.4) is 0 Å². The van der Waals surface area contributed by atoms with Crippen molar-refractivity contribution in [1.29, 1.82) is 0 Å². The molecular weight excluding hydrogens is 430 g/mol. The van der Waals surface area contributed by atoms with E-state index in [0.717, 1.165) is 36.7 Å². The smallest absolute Gasteiger partial charge is 0.326 e. The maximum atomic E-state index is 12.1.